The summed E-state index contributed by atoms with van der Waals surface area (Å²) in [6.45, 7) is 2.09. The number of rotatable bonds is 5. The summed E-state index contributed by atoms with van der Waals surface area (Å²) in [7, 11) is 0. The van der Waals surface area contributed by atoms with Crippen molar-refractivity contribution in [3.8, 4) is 5.69 Å². The van der Waals surface area contributed by atoms with Crippen molar-refractivity contribution in [1.29, 1.82) is 0 Å². The maximum Gasteiger partial charge on any atom is 0.253 e. The number of carbonyl (C=O) groups is 1. The third kappa shape index (κ3) is 4.39. The minimum Gasteiger partial charge on any atom is -0.391 e. The van der Waals surface area contributed by atoms with Gasteiger partial charge in [0.15, 0.2) is 0 Å². The van der Waals surface area contributed by atoms with Crippen LogP contribution in [0.2, 0.25) is 0 Å². The first-order valence-corrected chi connectivity index (χ1v) is 11.6. The molecule has 0 bridgehead atoms. The summed E-state index contributed by atoms with van der Waals surface area (Å²) < 4.78 is 1.83. The molecular weight excluding hydrogens is 412 g/mol. The Bertz CT molecular complexity index is 1270. The van der Waals surface area contributed by atoms with Gasteiger partial charge in [-0.25, -0.2) is 4.68 Å². The van der Waals surface area contributed by atoms with Gasteiger partial charge in [-0.2, -0.15) is 5.10 Å². The number of aromatic nitrogens is 3. The zero-order valence-electron chi connectivity index (χ0n) is 18.7. The topological polar surface area (TPSA) is 80.0 Å². The summed E-state index contributed by atoms with van der Waals surface area (Å²) in [5.74, 6) is -0.167. The zero-order valence-corrected chi connectivity index (χ0v) is 18.7. The van der Waals surface area contributed by atoms with Crippen molar-refractivity contribution < 1.29 is 9.90 Å². The Kier molecular flexibility index (Phi) is 5.92. The number of hydrogen-bond acceptors (Lipinski definition) is 4. The molecule has 0 radical (unpaired) electrons. The number of aliphatic hydroxyl groups is 1. The number of benzene rings is 2. The van der Waals surface area contributed by atoms with Crippen molar-refractivity contribution in [2.45, 2.75) is 51.2 Å². The van der Waals surface area contributed by atoms with Crippen molar-refractivity contribution >= 4 is 16.8 Å². The molecule has 0 aliphatic heterocycles. The third-order valence-corrected chi connectivity index (χ3v) is 6.66. The molecule has 4 aromatic rings. The Labute approximate surface area is 193 Å². The lowest BCUT2D eigenvalue weighted by Gasteiger charge is -2.28. The van der Waals surface area contributed by atoms with Crippen LogP contribution in [-0.2, 0) is 6.42 Å². The van der Waals surface area contributed by atoms with Crippen LogP contribution in [0.3, 0.4) is 0 Å². The molecule has 6 nitrogen and oxygen atoms in total. The van der Waals surface area contributed by atoms with Crippen LogP contribution < -0.4 is 5.32 Å². The number of carbonyl (C=O) groups excluding carboxylic acids is 1. The highest BCUT2D eigenvalue weighted by Crippen LogP contribution is 2.27. The predicted octanol–water partition coefficient (Wildman–Crippen LogP) is 4.35. The molecule has 6 heteroatoms. The van der Waals surface area contributed by atoms with Crippen LogP contribution in [-0.4, -0.2) is 37.9 Å². The van der Waals surface area contributed by atoms with E-state index in [2.05, 4.69) is 46.6 Å². The van der Waals surface area contributed by atoms with Gasteiger partial charge in [-0.1, -0.05) is 31.0 Å². The molecule has 5 rings (SSSR count). The number of nitrogens with one attached hydrogen (secondary N) is 1. The summed E-state index contributed by atoms with van der Waals surface area (Å²) in [6, 6.07) is 15.9. The fourth-order valence-corrected chi connectivity index (χ4v) is 4.74. The standard InChI is InChI=1S/C27H28N4O2/c1-18-20(16-19-9-11-21(12-10-19)31-15-5-14-29-31)17-23(26-22(18)6-4-13-28-26)27(33)30-24-7-2-3-8-25(24)32/h4-6,9-15,17,24-25,32H,2-3,7-8,16H2,1H3,(H,30,33)/t24-,25-/m0/s1. The van der Waals surface area contributed by atoms with E-state index in [9.17, 15) is 9.90 Å². The van der Waals surface area contributed by atoms with Crippen LogP contribution in [0.1, 0.15) is 52.7 Å². The molecule has 2 aromatic heterocycles. The Hall–Kier alpha value is -3.51. The van der Waals surface area contributed by atoms with Crippen molar-refractivity contribution in [2.24, 2.45) is 0 Å². The van der Waals surface area contributed by atoms with E-state index in [0.717, 1.165) is 53.4 Å². The van der Waals surface area contributed by atoms with Crippen molar-refractivity contribution in [2.75, 3.05) is 0 Å². The monoisotopic (exact) mass is 440 g/mol. The van der Waals surface area contributed by atoms with Crippen molar-refractivity contribution in [3.63, 3.8) is 0 Å². The molecule has 1 aliphatic rings. The maximum atomic E-state index is 13.3. The molecule has 2 atom stereocenters. The van der Waals surface area contributed by atoms with Crippen LogP contribution in [0, 0.1) is 6.92 Å². The van der Waals surface area contributed by atoms with E-state index in [1.165, 1.54) is 0 Å². The first-order valence-electron chi connectivity index (χ1n) is 11.6. The quantitative estimate of drug-likeness (QED) is 0.483. The van der Waals surface area contributed by atoms with Crippen molar-refractivity contribution in [3.05, 3.63) is 89.4 Å². The summed E-state index contributed by atoms with van der Waals surface area (Å²) in [6.07, 6.45) is 9.20. The summed E-state index contributed by atoms with van der Waals surface area (Å²) >= 11 is 0. The van der Waals surface area contributed by atoms with Crippen LogP contribution in [0.25, 0.3) is 16.6 Å². The van der Waals surface area contributed by atoms with Crippen LogP contribution >= 0.6 is 0 Å². The van der Waals surface area contributed by atoms with Gasteiger partial charge >= 0.3 is 0 Å². The molecule has 33 heavy (non-hydrogen) atoms. The molecule has 2 aromatic carbocycles. The van der Waals surface area contributed by atoms with Gasteiger partial charge in [0.2, 0.25) is 0 Å². The number of pyridine rings is 1. The molecule has 1 fully saturated rings. The Morgan fingerprint density at radius 3 is 2.70 bits per heavy atom. The number of hydrogen-bond donors (Lipinski definition) is 2. The number of aliphatic hydroxyl groups excluding tert-OH is 1. The molecular formula is C27H28N4O2. The molecule has 0 spiro atoms. The minimum absolute atomic E-state index is 0.167. The van der Waals surface area contributed by atoms with Gasteiger partial charge in [-0.05, 0) is 73.2 Å². The van der Waals surface area contributed by atoms with Gasteiger partial charge in [-0.3, -0.25) is 9.78 Å². The predicted molar refractivity (Wildman–Crippen MR) is 129 cm³/mol. The van der Waals surface area contributed by atoms with Crippen LogP contribution in [0.4, 0.5) is 0 Å². The fraction of sp³-hybridized carbons (Fsp3) is 0.296. The minimum atomic E-state index is -0.486. The van der Waals surface area contributed by atoms with Gasteiger partial charge in [0.05, 0.1) is 28.9 Å². The van der Waals surface area contributed by atoms with Gasteiger partial charge in [-0.15, -0.1) is 0 Å². The molecule has 0 unspecified atom stereocenters. The Morgan fingerprint density at radius 1 is 1.12 bits per heavy atom. The molecule has 2 heterocycles. The third-order valence-electron chi connectivity index (χ3n) is 6.66. The highest BCUT2D eigenvalue weighted by Gasteiger charge is 2.26. The van der Waals surface area contributed by atoms with Crippen LogP contribution in [0.15, 0.2) is 67.1 Å². The normalized spacial score (nSPS) is 18.4. The first kappa shape index (κ1) is 21.3. The average molecular weight is 441 g/mol. The molecule has 2 N–H and O–H groups in total. The van der Waals surface area contributed by atoms with Gasteiger partial charge in [0.25, 0.3) is 5.91 Å². The van der Waals surface area contributed by atoms with E-state index in [1.54, 1.807) is 12.4 Å². The molecule has 1 amide bonds. The number of fused-ring (bicyclic) bond motifs is 1. The van der Waals surface area contributed by atoms with E-state index >= 15 is 0 Å². The molecule has 1 saturated carbocycles. The van der Waals surface area contributed by atoms with Gasteiger partial charge < -0.3 is 10.4 Å². The van der Waals surface area contributed by atoms with Crippen molar-refractivity contribution in [1.82, 2.24) is 20.1 Å². The first-order chi connectivity index (χ1) is 16.1. The summed E-state index contributed by atoms with van der Waals surface area (Å²) in [5.41, 5.74) is 5.66. The van der Waals surface area contributed by atoms with Gasteiger partial charge in [0, 0.05) is 24.0 Å². The lowest BCUT2D eigenvalue weighted by Crippen LogP contribution is -2.45. The second-order valence-electron chi connectivity index (χ2n) is 8.83. The lowest BCUT2D eigenvalue weighted by molar-refractivity contribution is 0.0718. The SMILES string of the molecule is Cc1c(Cc2ccc(-n3cccn3)cc2)cc(C(=O)N[C@H]2CCCC[C@@H]2O)c2ncccc12. The number of aryl methyl sites for hydroxylation is 1. The molecule has 0 saturated heterocycles. The lowest BCUT2D eigenvalue weighted by atomic mass is 9.91. The Balaban J connectivity index is 1.46. The fourth-order valence-electron chi connectivity index (χ4n) is 4.74. The van der Waals surface area contributed by atoms with E-state index in [0.29, 0.717) is 17.5 Å². The van der Waals surface area contributed by atoms with E-state index < -0.39 is 6.10 Å². The second kappa shape index (κ2) is 9.16. The maximum absolute atomic E-state index is 13.3. The summed E-state index contributed by atoms with van der Waals surface area (Å²) in [4.78, 5) is 17.8. The highest BCUT2D eigenvalue weighted by molar-refractivity contribution is 6.06. The second-order valence-corrected chi connectivity index (χ2v) is 8.83. The average Bonchev–Trinajstić information content (AvgIpc) is 3.38. The zero-order chi connectivity index (χ0) is 22.8. The molecule has 1 aliphatic carbocycles. The summed E-state index contributed by atoms with van der Waals surface area (Å²) in [5, 5.41) is 18.7. The van der Waals surface area contributed by atoms with E-state index in [1.807, 2.05) is 35.1 Å². The largest absolute Gasteiger partial charge is 0.391 e. The van der Waals surface area contributed by atoms with Crippen LogP contribution in [0.5, 0.6) is 0 Å². The Morgan fingerprint density at radius 2 is 1.94 bits per heavy atom. The number of amides is 1. The number of nitrogens with zero attached hydrogens (tertiary/aromatic N) is 3. The highest BCUT2D eigenvalue weighted by atomic mass is 16.3. The smallest absolute Gasteiger partial charge is 0.253 e. The van der Waals surface area contributed by atoms with Gasteiger partial charge in [0.1, 0.15) is 0 Å². The van der Waals surface area contributed by atoms with E-state index in [-0.39, 0.29) is 11.9 Å². The van der Waals surface area contributed by atoms with E-state index in [4.69, 9.17) is 0 Å². The molecule has 168 valence electrons.